The minimum atomic E-state index is -0.278. The average molecular weight is 327 g/mol. The fourth-order valence-electron chi connectivity index (χ4n) is 2.19. The molecule has 0 radical (unpaired) electrons. The predicted molar refractivity (Wildman–Crippen MR) is 96.3 cm³/mol. The summed E-state index contributed by atoms with van der Waals surface area (Å²) in [6, 6.07) is 16.3. The van der Waals surface area contributed by atoms with E-state index in [2.05, 4.69) is 16.9 Å². The number of carbonyl (C=O) groups is 1. The minimum Gasteiger partial charge on any atom is -0.340 e. The molecule has 1 N–H and O–H groups in total. The van der Waals surface area contributed by atoms with Crippen LogP contribution in [0.3, 0.4) is 0 Å². The molecule has 2 aromatic rings. The van der Waals surface area contributed by atoms with Gasteiger partial charge in [0.15, 0.2) is 0 Å². The number of amides is 1. The highest BCUT2D eigenvalue weighted by molar-refractivity contribution is 6.30. The van der Waals surface area contributed by atoms with Crippen molar-refractivity contribution < 1.29 is 4.79 Å². The van der Waals surface area contributed by atoms with Gasteiger partial charge in [0.1, 0.15) is 0 Å². The van der Waals surface area contributed by atoms with Crippen LogP contribution in [0.25, 0.3) is 0 Å². The topological polar surface area (TPSA) is 41.5 Å². The summed E-state index contributed by atoms with van der Waals surface area (Å²) in [5.41, 5.74) is 2.38. The van der Waals surface area contributed by atoms with Crippen LogP contribution in [0.4, 0.5) is 0 Å². The van der Waals surface area contributed by atoms with Gasteiger partial charge in [0.05, 0.1) is 12.6 Å². The van der Waals surface area contributed by atoms with E-state index >= 15 is 0 Å². The zero-order valence-electron chi connectivity index (χ0n) is 13.0. The van der Waals surface area contributed by atoms with Crippen LogP contribution in [0.5, 0.6) is 0 Å². The normalized spacial score (nSPS) is 12.5. The van der Waals surface area contributed by atoms with E-state index in [0.717, 1.165) is 11.3 Å². The lowest BCUT2D eigenvalue weighted by Crippen LogP contribution is -2.33. The van der Waals surface area contributed by atoms with Crippen molar-refractivity contribution in [3.8, 4) is 0 Å². The minimum absolute atomic E-state index is 0.163. The summed E-state index contributed by atoms with van der Waals surface area (Å²) in [6.07, 6.45) is 1.73. The van der Waals surface area contributed by atoms with Gasteiger partial charge in [-0.15, -0.1) is 6.58 Å². The summed E-state index contributed by atoms with van der Waals surface area (Å²) in [4.78, 5) is 16.9. The van der Waals surface area contributed by atoms with Gasteiger partial charge in [0, 0.05) is 16.3 Å². The number of hydrogen-bond acceptors (Lipinski definition) is 2. The lowest BCUT2D eigenvalue weighted by Gasteiger charge is -2.19. The van der Waals surface area contributed by atoms with Gasteiger partial charge in [-0.25, -0.2) is 0 Å². The number of nitrogens with zero attached hydrogens (tertiary/aromatic N) is 1. The number of halogens is 1. The Hall–Kier alpha value is -2.39. The van der Waals surface area contributed by atoms with Gasteiger partial charge < -0.3 is 5.32 Å². The van der Waals surface area contributed by atoms with E-state index in [9.17, 15) is 4.79 Å². The van der Waals surface area contributed by atoms with Crippen LogP contribution in [0, 0.1) is 0 Å². The van der Waals surface area contributed by atoms with Crippen molar-refractivity contribution in [1.82, 2.24) is 5.32 Å². The monoisotopic (exact) mass is 326 g/mol. The second-order valence-electron chi connectivity index (χ2n) is 5.09. The van der Waals surface area contributed by atoms with E-state index in [1.807, 2.05) is 37.3 Å². The number of hydrogen-bond donors (Lipinski definition) is 1. The summed E-state index contributed by atoms with van der Waals surface area (Å²) < 4.78 is 0. The Kier molecular flexibility index (Phi) is 6.12. The summed E-state index contributed by atoms with van der Waals surface area (Å²) in [6.45, 7) is 6.10. The van der Waals surface area contributed by atoms with Crippen molar-refractivity contribution in [1.29, 1.82) is 0 Å². The van der Waals surface area contributed by atoms with E-state index in [0.29, 0.717) is 17.1 Å². The Morgan fingerprint density at radius 3 is 2.48 bits per heavy atom. The zero-order valence-corrected chi connectivity index (χ0v) is 13.8. The lowest BCUT2D eigenvalue weighted by molar-refractivity contribution is 0.0946. The SMILES string of the molecule is C=CCN=C(C)C(NC(=O)c1ccc(Cl)cc1)c1ccccc1. The predicted octanol–water partition coefficient (Wildman–Crippen LogP) is 4.46. The molecule has 4 heteroatoms. The number of benzene rings is 2. The fourth-order valence-corrected chi connectivity index (χ4v) is 2.32. The third kappa shape index (κ3) is 4.80. The van der Waals surface area contributed by atoms with E-state index in [-0.39, 0.29) is 11.9 Å². The van der Waals surface area contributed by atoms with Gasteiger partial charge in [-0.3, -0.25) is 9.79 Å². The van der Waals surface area contributed by atoms with Gasteiger partial charge in [-0.05, 0) is 36.8 Å². The molecule has 0 aliphatic carbocycles. The highest BCUT2D eigenvalue weighted by atomic mass is 35.5. The maximum atomic E-state index is 12.5. The second-order valence-corrected chi connectivity index (χ2v) is 5.53. The molecule has 0 bridgehead atoms. The van der Waals surface area contributed by atoms with Gasteiger partial charge >= 0.3 is 0 Å². The molecule has 0 spiro atoms. The van der Waals surface area contributed by atoms with Crippen molar-refractivity contribution in [3.63, 3.8) is 0 Å². The van der Waals surface area contributed by atoms with Crippen LogP contribution in [-0.4, -0.2) is 18.2 Å². The summed E-state index contributed by atoms with van der Waals surface area (Å²) >= 11 is 5.87. The molecule has 2 rings (SSSR count). The molecule has 0 saturated heterocycles. The first-order valence-electron chi connectivity index (χ1n) is 7.35. The quantitative estimate of drug-likeness (QED) is 0.618. The van der Waals surface area contributed by atoms with Crippen molar-refractivity contribution in [2.24, 2.45) is 4.99 Å². The zero-order chi connectivity index (χ0) is 16.7. The molecule has 2 aromatic carbocycles. The molecule has 1 atom stereocenters. The van der Waals surface area contributed by atoms with Crippen LogP contribution in [0.2, 0.25) is 5.02 Å². The standard InChI is InChI=1S/C19H19ClN2O/c1-3-13-21-14(2)18(15-7-5-4-6-8-15)22-19(23)16-9-11-17(20)12-10-16/h3-12,18H,1,13H2,2H3,(H,22,23). The average Bonchev–Trinajstić information content (AvgIpc) is 2.58. The second kappa shape index (κ2) is 8.30. The first-order valence-corrected chi connectivity index (χ1v) is 7.73. The van der Waals surface area contributed by atoms with Crippen molar-refractivity contribution in [2.75, 3.05) is 6.54 Å². The molecular formula is C19H19ClN2O. The Morgan fingerprint density at radius 1 is 1.22 bits per heavy atom. The Morgan fingerprint density at radius 2 is 1.87 bits per heavy atom. The molecule has 1 amide bonds. The molecule has 0 heterocycles. The maximum absolute atomic E-state index is 12.5. The van der Waals surface area contributed by atoms with Gasteiger partial charge in [0.25, 0.3) is 5.91 Å². The molecule has 0 aromatic heterocycles. The molecule has 0 aliphatic heterocycles. The first kappa shape index (κ1) is 17.0. The number of aliphatic imine (C=N–C) groups is 1. The molecule has 3 nitrogen and oxygen atoms in total. The van der Waals surface area contributed by atoms with E-state index in [1.54, 1.807) is 30.3 Å². The highest BCUT2D eigenvalue weighted by Crippen LogP contribution is 2.17. The van der Waals surface area contributed by atoms with Crippen molar-refractivity contribution in [2.45, 2.75) is 13.0 Å². The van der Waals surface area contributed by atoms with Crippen LogP contribution >= 0.6 is 11.6 Å². The maximum Gasteiger partial charge on any atom is 0.252 e. The Labute approximate surface area is 141 Å². The summed E-state index contributed by atoms with van der Waals surface area (Å²) in [5.74, 6) is -0.163. The lowest BCUT2D eigenvalue weighted by atomic mass is 10.0. The van der Waals surface area contributed by atoms with Crippen LogP contribution in [-0.2, 0) is 0 Å². The Balaban J connectivity index is 2.25. The van der Waals surface area contributed by atoms with Gasteiger partial charge in [-0.2, -0.15) is 0 Å². The van der Waals surface area contributed by atoms with E-state index in [1.165, 1.54) is 0 Å². The fraction of sp³-hybridized carbons (Fsp3) is 0.158. The molecule has 118 valence electrons. The highest BCUT2D eigenvalue weighted by Gasteiger charge is 2.18. The van der Waals surface area contributed by atoms with Gasteiger partial charge in [0.2, 0.25) is 0 Å². The number of carbonyl (C=O) groups excluding carboxylic acids is 1. The smallest absolute Gasteiger partial charge is 0.252 e. The third-order valence-corrected chi connectivity index (χ3v) is 3.65. The molecule has 0 saturated carbocycles. The molecular weight excluding hydrogens is 308 g/mol. The van der Waals surface area contributed by atoms with Crippen LogP contribution in [0.15, 0.2) is 72.2 Å². The first-order chi connectivity index (χ1) is 11.1. The molecule has 0 aliphatic rings. The van der Waals surface area contributed by atoms with Crippen LogP contribution < -0.4 is 5.32 Å². The number of nitrogens with one attached hydrogen (secondary N) is 1. The van der Waals surface area contributed by atoms with Crippen molar-refractivity contribution in [3.05, 3.63) is 83.4 Å². The molecule has 0 fully saturated rings. The summed E-state index contributed by atoms with van der Waals surface area (Å²) in [5, 5.41) is 3.63. The summed E-state index contributed by atoms with van der Waals surface area (Å²) in [7, 11) is 0. The molecule has 23 heavy (non-hydrogen) atoms. The van der Waals surface area contributed by atoms with Crippen LogP contribution in [0.1, 0.15) is 28.9 Å². The van der Waals surface area contributed by atoms with E-state index in [4.69, 9.17) is 11.6 Å². The molecule has 1 unspecified atom stereocenters. The third-order valence-electron chi connectivity index (χ3n) is 3.40. The Bertz CT molecular complexity index is 693. The van der Waals surface area contributed by atoms with E-state index < -0.39 is 0 Å². The van der Waals surface area contributed by atoms with Gasteiger partial charge in [-0.1, -0.05) is 48.0 Å². The largest absolute Gasteiger partial charge is 0.340 e. The number of rotatable bonds is 6. The van der Waals surface area contributed by atoms with Crippen molar-refractivity contribution >= 4 is 23.2 Å².